The second kappa shape index (κ2) is 8.90. The lowest BCUT2D eigenvalue weighted by molar-refractivity contribution is -0.125. The maximum absolute atomic E-state index is 13.2. The summed E-state index contributed by atoms with van der Waals surface area (Å²) in [5.41, 5.74) is 4.29. The van der Waals surface area contributed by atoms with Crippen LogP contribution >= 0.6 is 11.3 Å². The Morgan fingerprint density at radius 2 is 1.89 bits per heavy atom. The van der Waals surface area contributed by atoms with E-state index in [1.165, 1.54) is 11.3 Å². The summed E-state index contributed by atoms with van der Waals surface area (Å²) in [5, 5.41) is 14.5. The van der Waals surface area contributed by atoms with E-state index in [-0.39, 0.29) is 17.7 Å². The van der Waals surface area contributed by atoms with Crippen molar-refractivity contribution < 1.29 is 9.59 Å². The number of carbonyl (C=O) groups excluding carboxylic acids is 2. The average Bonchev–Trinajstić information content (AvgIpc) is 3.44. The molecule has 5 rings (SSSR count). The molecular formula is C24H28N8O2S. The second-order valence-corrected chi connectivity index (χ2v) is 10.2. The Bertz CT molecular complexity index is 1430. The second-order valence-electron chi connectivity index (χ2n) is 9.22. The summed E-state index contributed by atoms with van der Waals surface area (Å²) < 4.78 is 3.53. The fourth-order valence-corrected chi connectivity index (χ4v) is 5.19. The number of fused-ring (bicyclic) bond motifs is 1. The molecule has 1 saturated heterocycles. The van der Waals surface area contributed by atoms with Gasteiger partial charge in [0.25, 0.3) is 5.91 Å². The average molecular weight is 493 g/mol. The van der Waals surface area contributed by atoms with Gasteiger partial charge in [0.2, 0.25) is 5.91 Å². The van der Waals surface area contributed by atoms with Gasteiger partial charge in [-0.2, -0.15) is 10.2 Å². The van der Waals surface area contributed by atoms with Crippen molar-refractivity contribution in [3.05, 3.63) is 47.8 Å². The number of likely N-dealkylation sites (tertiary alicyclic amines) is 1. The van der Waals surface area contributed by atoms with Crippen LogP contribution in [0.4, 0.5) is 11.4 Å². The Labute approximate surface area is 207 Å². The Morgan fingerprint density at radius 1 is 1.11 bits per heavy atom. The third-order valence-electron chi connectivity index (χ3n) is 6.55. The molecule has 4 aromatic rings. The zero-order valence-electron chi connectivity index (χ0n) is 20.4. The summed E-state index contributed by atoms with van der Waals surface area (Å²) in [4.78, 5) is 34.1. The number of hydrogen-bond acceptors (Lipinski definition) is 7. The Balaban J connectivity index is 1.32. The van der Waals surface area contributed by atoms with Crippen molar-refractivity contribution in [2.45, 2.75) is 33.7 Å². The molecule has 182 valence electrons. The molecule has 0 saturated carbocycles. The number of carbonyl (C=O) groups is 2. The number of anilines is 2. The van der Waals surface area contributed by atoms with Crippen LogP contribution in [-0.4, -0.2) is 60.2 Å². The van der Waals surface area contributed by atoms with Gasteiger partial charge in [0, 0.05) is 43.6 Å². The SMILES string of the molecule is Cc1ncc(NC(=O)C2CN(C(C)C)C2)cc1NC(=O)c1cnn2cc(-c3cnn(C)c3C)sc12. The van der Waals surface area contributed by atoms with Gasteiger partial charge in [0.05, 0.1) is 52.0 Å². The van der Waals surface area contributed by atoms with E-state index in [2.05, 4.69) is 44.6 Å². The lowest BCUT2D eigenvalue weighted by atomic mass is 9.97. The quantitative estimate of drug-likeness (QED) is 0.427. The van der Waals surface area contributed by atoms with E-state index in [4.69, 9.17) is 0 Å². The number of nitrogens with zero attached hydrogens (tertiary/aromatic N) is 6. The van der Waals surface area contributed by atoms with E-state index < -0.39 is 0 Å². The number of aromatic nitrogens is 5. The van der Waals surface area contributed by atoms with Crippen LogP contribution in [-0.2, 0) is 11.8 Å². The van der Waals surface area contributed by atoms with Crippen molar-refractivity contribution in [1.82, 2.24) is 29.3 Å². The number of nitrogens with one attached hydrogen (secondary N) is 2. The van der Waals surface area contributed by atoms with Gasteiger partial charge in [0.1, 0.15) is 4.83 Å². The van der Waals surface area contributed by atoms with Crippen LogP contribution in [0.5, 0.6) is 0 Å². The van der Waals surface area contributed by atoms with E-state index in [0.717, 1.165) is 34.1 Å². The third kappa shape index (κ3) is 4.32. The first-order valence-electron chi connectivity index (χ1n) is 11.5. The Morgan fingerprint density at radius 3 is 2.57 bits per heavy atom. The lowest BCUT2D eigenvalue weighted by Crippen LogP contribution is -2.54. The summed E-state index contributed by atoms with van der Waals surface area (Å²) >= 11 is 1.49. The summed E-state index contributed by atoms with van der Waals surface area (Å²) in [6.45, 7) is 9.58. The monoisotopic (exact) mass is 492 g/mol. The van der Waals surface area contributed by atoms with Gasteiger partial charge >= 0.3 is 0 Å². The molecule has 5 heterocycles. The molecule has 0 bridgehead atoms. The van der Waals surface area contributed by atoms with Crippen molar-refractivity contribution in [3.63, 3.8) is 0 Å². The van der Waals surface area contributed by atoms with E-state index in [0.29, 0.717) is 28.7 Å². The van der Waals surface area contributed by atoms with E-state index in [1.54, 1.807) is 23.0 Å². The molecule has 4 aromatic heterocycles. The van der Waals surface area contributed by atoms with Crippen LogP contribution < -0.4 is 10.6 Å². The van der Waals surface area contributed by atoms with Gasteiger partial charge < -0.3 is 10.6 Å². The molecule has 1 aliphatic heterocycles. The first-order chi connectivity index (χ1) is 16.7. The highest BCUT2D eigenvalue weighted by Gasteiger charge is 2.34. The first kappa shape index (κ1) is 23.2. The Kier molecular flexibility index (Phi) is 5.89. The third-order valence-corrected chi connectivity index (χ3v) is 7.70. The van der Waals surface area contributed by atoms with Gasteiger partial charge in [-0.3, -0.25) is 24.2 Å². The predicted octanol–water partition coefficient (Wildman–Crippen LogP) is 3.34. The minimum Gasteiger partial charge on any atom is -0.324 e. The lowest BCUT2D eigenvalue weighted by Gasteiger charge is -2.41. The number of thiazole rings is 1. The molecule has 1 fully saturated rings. The van der Waals surface area contributed by atoms with Gasteiger partial charge in [-0.15, -0.1) is 11.3 Å². The largest absolute Gasteiger partial charge is 0.324 e. The van der Waals surface area contributed by atoms with Crippen LogP contribution in [0.2, 0.25) is 0 Å². The number of pyridine rings is 1. The van der Waals surface area contributed by atoms with E-state index in [9.17, 15) is 9.59 Å². The molecule has 0 aromatic carbocycles. The number of aryl methyl sites for hydroxylation is 2. The molecule has 35 heavy (non-hydrogen) atoms. The highest BCUT2D eigenvalue weighted by Crippen LogP contribution is 2.32. The zero-order chi connectivity index (χ0) is 24.9. The maximum atomic E-state index is 13.2. The summed E-state index contributed by atoms with van der Waals surface area (Å²) in [6.07, 6.45) is 6.90. The van der Waals surface area contributed by atoms with Crippen molar-refractivity contribution >= 4 is 39.4 Å². The number of rotatable bonds is 6. The number of amides is 2. The van der Waals surface area contributed by atoms with E-state index in [1.807, 2.05) is 38.0 Å². The fourth-order valence-electron chi connectivity index (χ4n) is 4.07. The van der Waals surface area contributed by atoms with Crippen LogP contribution in [0, 0.1) is 19.8 Å². The topological polar surface area (TPSA) is 109 Å². The van der Waals surface area contributed by atoms with Crippen molar-refractivity contribution in [1.29, 1.82) is 0 Å². The highest BCUT2D eigenvalue weighted by molar-refractivity contribution is 7.21. The molecule has 2 amide bonds. The molecule has 0 unspecified atom stereocenters. The van der Waals surface area contributed by atoms with Gasteiger partial charge in [-0.1, -0.05) is 0 Å². The number of hydrogen-bond donors (Lipinski definition) is 2. The van der Waals surface area contributed by atoms with E-state index >= 15 is 0 Å². The summed E-state index contributed by atoms with van der Waals surface area (Å²) in [7, 11) is 1.90. The minimum atomic E-state index is -0.281. The summed E-state index contributed by atoms with van der Waals surface area (Å²) in [6, 6.07) is 2.18. The van der Waals surface area contributed by atoms with Gasteiger partial charge in [-0.25, -0.2) is 4.52 Å². The molecule has 0 radical (unpaired) electrons. The molecule has 0 aliphatic carbocycles. The van der Waals surface area contributed by atoms with Crippen LogP contribution in [0.1, 0.15) is 35.6 Å². The Hall–Kier alpha value is -3.57. The van der Waals surface area contributed by atoms with Crippen molar-refractivity contribution in [3.8, 4) is 10.4 Å². The van der Waals surface area contributed by atoms with Crippen LogP contribution in [0.3, 0.4) is 0 Å². The van der Waals surface area contributed by atoms with Crippen LogP contribution in [0.15, 0.2) is 30.9 Å². The molecule has 0 atom stereocenters. The fraction of sp³-hybridized carbons (Fsp3) is 0.375. The maximum Gasteiger partial charge on any atom is 0.260 e. The molecule has 10 nitrogen and oxygen atoms in total. The smallest absolute Gasteiger partial charge is 0.260 e. The predicted molar refractivity (Wildman–Crippen MR) is 136 cm³/mol. The van der Waals surface area contributed by atoms with Crippen molar-refractivity contribution in [2.24, 2.45) is 13.0 Å². The minimum absolute atomic E-state index is 0.0278. The zero-order valence-corrected chi connectivity index (χ0v) is 21.2. The highest BCUT2D eigenvalue weighted by atomic mass is 32.1. The molecule has 11 heteroatoms. The summed E-state index contributed by atoms with van der Waals surface area (Å²) in [5.74, 6) is -0.342. The molecular weight excluding hydrogens is 464 g/mol. The van der Waals surface area contributed by atoms with Crippen LogP contribution in [0.25, 0.3) is 15.3 Å². The normalized spacial score (nSPS) is 14.5. The molecule has 0 spiro atoms. The first-order valence-corrected chi connectivity index (χ1v) is 12.3. The van der Waals surface area contributed by atoms with Crippen molar-refractivity contribution in [2.75, 3.05) is 23.7 Å². The van der Waals surface area contributed by atoms with Gasteiger partial charge in [0.15, 0.2) is 0 Å². The van der Waals surface area contributed by atoms with Gasteiger partial charge in [-0.05, 0) is 33.8 Å². The standard InChI is InChI=1S/C24H28N8O2S/c1-13(2)31-10-16(11-31)22(33)28-17-6-20(14(3)25-7-17)29-23(34)19-9-27-32-12-21(35-24(19)32)18-8-26-30(5)15(18)4/h6-9,12-13,16H,10-11H2,1-5H3,(H,28,33)(H,29,34). The molecule has 2 N–H and O–H groups in total. The molecule has 1 aliphatic rings.